The van der Waals surface area contributed by atoms with Crippen LogP contribution in [0.1, 0.15) is 36.8 Å². The third kappa shape index (κ3) is 6.06. The molecule has 2 aromatic carbocycles. The lowest BCUT2D eigenvalue weighted by Gasteiger charge is -2.31. The fourth-order valence-electron chi connectivity index (χ4n) is 7.96. The van der Waals surface area contributed by atoms with Crippen molar-refractivity contribution in [3.63, 3.8) is 0 Å². The Bertz CT molecular complexity index is 2350. The van der Waals surface area contributed by atoms with E-state index in [9.17, 15) is 19.3 Å². The monoisotopic (exact) mass is 759 g/mol. The minimum atomic E-state index is -0.839. The van der Waals surface area contributed by atoms with E-state index in [0.29, 0.717) is 37.1 Å². The number of halogens is 4. The maximum atomic E-state index is 16.8. The molecule has 1 aliphatic carbocycles. The summed E-state index contributed by atoms with van der Waals surface area (Å²) in [7, 11) is 1.37. The molecule has 5 unspecified atom stereocenters. The molecule has 53 heavy (non-hydrogen) atoms. The Hall–Kier alpha value is -5.09. The van der Waals surface area contributed by atoms with Gasteiger partial charge in [-0.1, -0.05) is 17.7 Å². The number of nitrogens with two attached hydrogens (primary N) is 2. The molecule has 3 aliphatic heterocycles. The predicted molar refractivity (Wildman–Crippen MR) is 197 cm³/mol. The zero-order valence-corrected chi connectivity index (χ0v) is 30.0. The zero-order chi connectivity index (χ0) is 37.1. The lowest BCUT2D eigenvalue weighted by atomic mass is 9.96. The highest BCUT2D eigenvalue weighted by atomic mass is 35.5. The molecule has 16 heteroatoms. The van der Waals surface area contributed by atoms with Gasteiger partial charge in [-0.15, -0.1) is 11.3 Å². The number of methoxy groups -OCH3 is 1. The summed E-state index contributed by atoms with van der Waals surface area (Å²) in [4.78, 5) is 17.3. The molecule has 4 aliphatic rings. The van der Waals surface area contributed by atoms with E-state index in [1.165, 1.54) is 32.1 Å². The van der Waals surface area contributed by atoms with Crippen LogP contribution in [-0.2, 0) is 6.42 Å². The second-order valence-corrected chi connectivity index (χ2v) is 15.1. The minimum absolute atomic E-state index is 0.0157. The average molecular weight is 760 g/mol. The number of fused-ring (bicyclic) bond motifs is 2. The van der Waals surface area contributed by atoms with E-state index in [1.54, 1.807) is 12.3 Å². The summed E-state index contributed by atoms with van der Waals surface area (Å²) < 4.78 is 56.2. The molecule has 11 nitrogen and oxygen atoms in total. The first-order valence-corrected chi connectivity index (χ1v) is 18.4. The lowest BCUT2D eigenvalue weighted by molar-refractivity contribution is 0.286. The maximum absolute atomic E-state index is 16.8. The number of aromatic nitrogens is 3. The van der Waals surface area contributed by atoms with Crippen molar-refractivity contribution < 1.29 is 22.6 Å². The number of benzene rings is 2. The van der Waals surface area contributed by atoms with Gasteiger partial charge in [0, 0.05) is 35.8 Å². The molecule has 1 saturated carbocycles. The van der Waals surface area contributed by atoms with Gasteiger partial charge in [0.1, 0.15) is 46.8 Å². The Labute approximate surface area is 311 Å². The van der Waals surface area contributed by atoms with Gasteiger partial charge in [-0.05, 0) is 68.0 Å². The number of nitriles is 2. The number of rotatable bonds is 5. The van der Waals surface area contributed by atoms with Crippen molar-refractivity contribution in [1.82, 2.24) is 19.9 Å². The molecule has 3 fully saturated rings. The van der Waals surface area contributed by atoms with Crippen molar-refractivity contribution >= 4 is 60.6 Å². The number of nitrogens with zero attached hydrogens (tertiary/aromatic N) is 7. The molecule has 2 saturated heterocycles. The van der Waals surface area contributed by atoms with Gasteiger partial charge in [0.05, 0.1) is 45.8 Å². The van der Waals surface area contributed by atoms with Gasteiger partial charge in [0.25, 0.3) is 0 Å². The van der Waals surface area contributed by atoms with Gasteiger partial charge in [0.15, 0.2) is 11.6 Å². The highest BCUT2D eigenvalue weighted by molar-refractivity contribution is 7.23. The number of anilines is 3. The van der Waals surface area contributed by atoms with E-state index < -0.39 is 17.8 Å². The largest absolute Gasteiger partial charge is 0.489 e. The van der Waals surface area contributed by atoms with Crippen molar-refractivity contribution in [2.24, 2.45) is 5.92 Å². The first kappa shape index (κ1) is 35.0. The van der Waals surface area contributed by atoms with Gasteiger partial charge < -0.3 is 25.8 Å². The van der Waals surface area contributed by atoms with Crippen LogP contribution in [0, 0.1) is 40.2 Å². The Balaban J connectivity index is 0.000000386. The van der Waals surface area contributed by atoms with Crippen LogP contribution >= 0.6 is 22.9 Å². The summed E-state index contributed by atoms with van der Waals surface area (Å²) in [6.07, 6.45) is 5.44. The molecule has 9 rings (SSSR count). The van der Waals surface area contributed by atoms with Crippen molar-refractivity contribution in [3.05, 3.63) is 58.2 Å². The van der Waals surface area contributed by atoms with Gasteiger partial charge in [-0.25, -0.2) is 18.2 Å². The Kier molecular flexibility index (Phi) is 9.05. The fraction of sp³-hybridized carbons (Fsp3) is 0.378. The second-order valence-electron chi connectivity index (χ2n) is 13.7. The number of pyridine rings is 1. The molecule has 5 aromatic rings. The number of nitrogen functional groups attached to an aromatic ring is 2. The van der Waals surface area contributed by atoms with E-state index in [1.807, 2.05) is 17.0 Å². The Morgan fingerprint density at radius 1 is 1.15 bits per heavy atom. The molecule has 0 amide bonds. The molecule has 5 atom stereocenters. The molecule has 6 heterocycles. The number of alkyl halides is 1. The number of hydrogen-bond donors (Lipinski definition) is 2. The third-order valence-electron chi connectivity index (χ3n) is 10.4. The minimum Gasteiger partial charge on any atom is -0.489 e. The summed E-state index contributed by atoms with van der Waals surface area (Å²) in [5.41, 5.74) is 12.8. The van der Waals surface area contributed by atoms with Crippen LogP contribution in [0.3, 0.4) is 0 Å². The summed E-state index contributed by atoms with van der Waals surface area (Å²) in [5.74, 6) is -0.946. The van der Waals surface area contributed by atoms with Crippen LogP contribution in [0.25, 0.3) is 32.1 Å². The molecule has 0 spiro atoms. The van der Waals surface area contributed by atoms with Crippen LogP contribution in [0.2, 0.25) is 5.02 Å². The van der Waals surface area contributed by atoms with E-state index in [4.69, 9.17) is 32.5 Å². The quantitative estimate of drug-likeness (QED) is 0.194. The first-order chi connectivity index (χ1) is 25.6. The van der Waals surface area contributed by atoms with Gasteiger partial charge in [-0.2, -0.15) is 20.5 Å². The van der Waals surface area contributed by atoms with E-state index in [2.05, 4.69) is 25.9 Å². The Morgan fingerprint density at radius 3 is 2.70 bits per heavy atom. The number of thiophene rings is 1. The van der Waals surface area contributed by atoms with E-state index in [-0.39, 0.29) is 84.1 Å². The molecule has 0 radical (unpaired) electrons. The number of ether oxygens (including phenoxy) is 2. The highest BCUT2D eigenvalue weighted by Gasteiger charge is 2.48. The van der Waals surface area contributed by atoms with E-state index >= 15 is 4.39 Å². The summed E-state index contributed by atoms with van der Waals surface area (Å²) in [5, 5.41) is 19.9. The fourth-order valence-corrected chi connectivity index (χ4v) is 9.24. The van der Waals surface area contributed by atoms with Crippen LogP contribution in [-0.4, -0.2) is 71.0 Å². The normalized spacial score (nSPS) is 23.1. The molecular weight excluding hydrogens is 727 g/mol. The predicted octanol–water partition coefficient (Wildman–Crippen LogP) is 6.80. The third-order valence-corrected chi connectivity index (χ3v) is 11.8. The smallest absolute Gasteiger partial charge is 0.318 e. The molecule has 3 aromatic heterocycles. The summed E-state index contributed by atoms with van der Waals surface area (Å²) >= 11 is 7.89. The first-order valence-electron chi connectivity index (χ1n) is 17.2. The van der Waals surface area contributed by atoms with Gasteiger partial charge in [-0.3, -0.25) is 4.90 Å². The van der Waals surface area contributed by atoms with Crippen molar-refractivity contribution in [2.45, 2.75) is 56.4 Å². The van der Waals surface area contributed by atoms with Crippen molar-refractivity contribution in [2.75, 3.05) is 43.2 Å². The van der Waals surface area contributed by atoms with E-state index in [0.717, 1.165) is 29.9 Å². The van der Waals surface area contributed by atoms with Crippen molar-refractivity contribution in [1.29, 1.82) is 10.5 Å². The van der Waals surface area contributed by atoms with Gasteiger partial charge in [0.2, 0.25) is 0 Å². The summed E-state index contributed by atoms with van der Waals surface area (Å²) in [6.45, 7) is 1.94. The van der Waals surface area contributed by atoms with Crippen molar-refractivity contribution in [3.8, 4) is 35.0 Å². The maximum Gasteiger partial charge on any atom is 0.318 e. The second kappa shape index (κ2) is 13.7. The molecule has 4 N–H and O–H groups in total. The van der Waals surface area contributed by atoms with Crippen LogP contribution in [0.4, 0.5) is 29.8 Å². The lowest BCUT2D eigenvalue weighted by Crippen LogP contribution is -2.43. The van der Waals surface area contributed by atoms with Crippen LogP contribution in [0.15, 0.2) is 30.5 Å². The Morgan fingerprint density at radius 2 is 1.98 bits per heavy atom. The zero-order valence-electron chi connectivity index (χ0n) is 28.5. The SMILES string of the molecule is COc1nc2c3c(c(Cl)c(-c4ccc(F)c5sc(N)c(C#N)c45)c(F)c3n1)OCC(Cc1ccnc(N)c1)N2C1CC1C#N.FC1CC2CCCN2C1. The molecule has 0 bridgehead atoms. The van der Waals surface area contributed by atoms with Crippen LogP contribution in [0.5, 0.6) is 11.8 Å². The highest BCUT2D eigenvalue weighted by Crippen LogP contribution is 2.53. The standard InChI is InChI=1S/C30H21ClF2N8O2S.C7H12FN/c1-42-30-39-25-22-26(23(31)21(24(25)33)15-2-3-17(32)27-20(15)16(10-35)28(37)44-27)43-11-14(6-12-4-5-38-19(36)7-12)41(29(22)40-30)18-8-13(18)9-34;8-6-4-7-2-1-3-9(7)5-6/h2-5,7,13-14,18H,6,8,11,37H2,1H3,(H2,36,38);6-7H,1-5H2. The topological polar surface area (TPSA) is 163 Å². The van der Waals surface area contributed by atoms with Gasteiger partial charge >= 0.3 is 6.01 Å². The average Bonchev–Trinajstić information content (AvgIpc) is 3.50. The number of hydrogen-bond acceptors (Lipinski definition) is 12. The summed E-state index contributed by atoms with van der Waals surface area (Å²) in [6, 6.07) is 10.3. The molecular formula is C37H33ClF3N9O2S. The molecule has 272 valence electrons. The van der Waals surface area contributed by atoms with Crippen LogP contribution < -0.4 is 25.8 Å².